The first-order chi connectivity index (χ1) is 8.66. The summed E-state index contributed by atoms with van der Waals surface area (Å²) in [6.45, 7) is 1.83. The van der Waals surface area contributed by atoms with Crippen molar-refractivity contribution in [3.05, 3.63) is 34.9 Å². The number of hydrogen-bond acceptors (Lipinski definition) is 3. The van der Waals surface area contributed by atoms with E-state index in [0.717, 1.165) is 18.4 Å². The van der Waals surface area contributed by atoms with Gasteiger partial charge in [0.15, 0.2) is 0 Å². The molecule has 1 aliphatic carbocycles. The molecule has 1 heterocycles. The number of ether oxygens (including phenoxy) is 1. The van der Waals surface area contributed by atoms with Crippen LogP contribution in [0.15, 0.2) is 18.2 Å². The zero-order valence-corrected chi connectivity index (χ0v) is 10.4. The molecule has 3 rings (SSSR count). The fraction of sp³-hybridized carbons (Fsp3) is 0.500. The van der Waals surface area contributed by atoms with E-state index >= 15 is 0 Å². The molecule has 2 aliphatic rings. The van der Waals surface area contributed by atoms with E-state index < -0.39 is 0 Å². The molecule has 1 aromatic rings. The quantitative estimate of drug-likeness (QED) is 0.845. The van der Waals surface area contributed by atoms with Crippen LogP contribution in [0.2, 0.25) is 0 Å². The topological polar surface area (TPSA) is 64.3 Å². The van der Waals surface area contributed by atoms with Crippen molar-refractivity contribution in [2.45, 2.75) is 38.0 Å². The number of carbonyl (C=O) groups excluding carboxylic acids is 1. The summed E-state index contributed by atoms with van der Waals surface area (Å²) in [4.78, 5) is 12.0. The Kier molecular flexibility index (Phi) is 2.84. The third-order valence-corrected chi connectivity index (χ3v) is 3.93. The lowest BCUT2D eigenvalue weighted by Crippen LogP contribution is -2.54. The van der Waals surface area contributed by atoms with E-state index in [0.29, 0.717) is 25.3 Å². The van der Waals surface area contributed by atoms with Gasteiger partial charge in [-0.25, -0.2) is 0 Å². The van der Waals surface area contributed by atoms with E-state index in [1.807, 2.05) is 18.2 Å². The Morgan fingerprint density at radius 1 is 1.33 bits per heavy atom. The Bertz CT molecular complexity index is 481. The molecule has 18 heavy (non-hydrogen) atoms. The first-order valence-corrected chi connectivity index (χ1v) is 6.43. The maximum atomic E-state index is 12.0. The van der Waals surface area contributed by atoms with Gasteiger partial charge in [0.25, 0.3) is 5.91 Å². The van der Waals surface area contributed by atoms with Crippen LogP contribution < -0.4 is 11.1 Å². The summed E-state index contributed by atoms with van der Waals surface area (Å²) in [5.41, 5.74) is 8.91. The van der Waals surface area contributed by atoms with Crippen molar-refractivity contribution < 1.29 is 9.53 Å². The highest BCUT2D eigenvalue weighted by Gasteiger charge is 2.32. The number of benzene rings is 1. The maximum absolute atomic E-state index is 12.0. The van der Waals surface area contributed by atoms with Gasteiger partial charge < -0.3 is 15.8 Å². The molecule has 0 aromatic heterocycles. The van der Waals surface area contributed by atoms with Crippen LogP contribution in [-0.2, 0) is 18.0 Å². The second kappa shape index (κ2) is 4.37. The molecular formula is C14H18N2O2. The number of nitrogens with one attached hydrogen (secondary N) is 1. The summed E-state index contributed by atoms with van der Waals surface area (Å²) in [7, 11) is 0. The van der Waals surface area contributed by atoms with Gasteiger partial charge in [0.1, 0.15) is 0 Å². The Morgan fingerprint density at radius 2 is 2.11 bits per heavy atom. The second-order valence-electron chi connectivity index (χ2n) is 5.37. The smallest absolute Gasteiger partial charge is 0.251 e. The predicted octanol–water partition coefficient (Wildman–Crippen LogP) is 1.33. The number of amides is 1. The van der Waals surface area contributed by atoms with Crippen LogP contribution >= 0.6 is 0 Å². The van der Waals surface area contributed by atoms with Gasteiger partial charge in [-0.05, 0) is 42.5 Å². The molecule has 1 amide bonds. The maximum Gasteiger partial charge on any atom is 0.251 e. The van der Waals surface area contributed by atoms with E-state index in [1.54, 1.807) is 0 Å². The van der Waals surface area contributed by atoms with Crippen LogP contribution in [0.5, 0.6) is 0 Å². The van der Waals surface area contributed by atoms with Gasteiger partial charge >= 0.3 is 0 Å². The molecule has 1 aliphatic heterocycles. The van der Waals surface area contributed by atoms with Crippen molar-refractivity contribution in [3.8, 4) is 0 Å². The Labute approximate surface area is 107 Å². The highest BCUT2D eigenvalue weighted by atomic mass is 16.5. The third kappa shape index (κ3) is 2.13. The standard InChI is InChI=1S/C14H18N2O2/c15-14(4-1-5-14)9-16-13(17)10-2-3-11-7-18-8-12(11)6-10/h2-3,6H,1,4-5,7-9,15H2,(H,16,17). The number of hydrogen-bond donors (Lipinski definition) is 2. The van der Waals surface area contributed by atoms with E-state index in [-0.39, 0.29) is 11.4 Å². The summed E-state index contributed by atoms with van der Waals surface area (Å²) in [5.74, 6) is -0.0403. The molecule has 4 nitrogen and oxygen atoms in total. The Hall–Kier alpha value is -1.39. The minimum atomic E-state index is -0.171. The first-order valence-electron chi connectivity index (χ1n) is 6.43. The third-order valence-electron chi connectivity index (χ3n) is 3.93. The number of nitrogens with two attached hydrogens (primary N) is 1. The van der Waals surface area contributed by atoms with Gasteiger partial charge in [0, 0.05) is 17.6 Å². The molecule has 0 bridgehead atoms. The van der Waals surface area contributed by atoms with Gasteiger partial charge in [0.05, 0.1) is 13.2 Å². The lowest BCUT2D eigenvalue weighted by molar-refractivity contribution is 0.0929. The SMILES string of the molecule is NC1(CNC(=O)c2ccc3c(c2)COC3)CCC1. The largest absolute Gasteiger partial charge is 0.372 e. The van der Waals surface area contributed by atoms with Crippen LogP contribution in [0.3, 0.4) is 0 Å². The highest BCUT2D eigenvalue weighted by Crippen LogP contribution is 2.28. The summed E-state index contributed by atoms with van der Waals surface area (Å²) in [5, 5.41) is 2.93. The van der Waals surface area contributed by atoms with E-state index in [2.05, 4.69) is 5.32 Å². The van der Waals surface area contributed by atoms with E-state index in [9.17, 15) is 4.79 Å². The van der Waals surface area contributed by atoms with Gasteiger partial charge in [0.2, 0.25) is 0 Å². The fourth-order valence-electron chi connectivity index (χ4n) is 2.48. The van der Waals surface area contributed by atoms with E-state index in [4.69, 9.17) is 10.5 Å². The zero-order chi connectivity index (χ0) is 12.6. The predicted molar refractivity (Wildman–Crippen MR) is 68.0 cm³/mol. The molecule has 1 aromatic carbocycles. The molecule has 4 heteroatoms. The minimum Gasteiger partial charge on any atom is -0.372 e. The van der Waals surface area contributed by atoms with Crippen molar-refractivity contribution in [2.24, 2.45) is 5.73 Å². The highest BCUT2D eigenvalue weighted by molar-refractivity contribution is 5.94. The molecule has 0 atom stereocenters. The molecule has 0 radical (unpaired) electrons. The van der Waals surface area contributed by atoms with Gasteiger partial charge in [-0.3, -0.25) is 4.79 Å². The summed E-state index contributed by atoms with van der Waals surface area (Å²) < 4.78 is 5.34. The first kappa shape index (κ1) is 11.7. The average molecular weight is 246 g/mol. The van der Waals surface area contributed by atoms with Crippen molar-refractivity contribution in [2.75, 3.05) is 6.54 Å². The Morgan fingerprint density at radius 3 is 2.83 bits per heavy atom. The molecule has 0 unspecified atom stereocenters. The number of carbonyl (C=O) groups is 1. The monoisotopic (exact) mass is 246 g/mol. The molecule has 3 N–H and O–H groups in total. The van der Waals surface area contributed by atoms with Gasteiger partial charge in [-0.2, -0.15) is 0 Å². The minimum absolute atomic E-state index is 0.0403. The average Bonchev–Trinajstić information content (AvgIpc) is 2.80. The van der Waals surface area contributed by atoms with Crippen LogP contribution in [0, 0.1) is 0 Å². The molecule has 1 fully saturated rings. The van der Waals surface area contributed by atoms with E-state index in [1.165, 1.54) is 12.0 Å². The molecular weight excluding hydrogens is 228 g/mol. The molecule has 0 spiro atoms. The fourth-order valence-corrected chi connectivity index (χ4v) is 2.48. The van der Waals surface area contributed by atoms with Crippen LogP contribution in [-0.4, -0.2) is 18.0 Å². The second-order valence-corrected chi connectivity index (χ2v) is 5.37. The number of rotatable bonds is 3. The molecule has 96 valence electrons. The Balaban J connectivity index is 1.65. The summed E-state index contributed by atoms with van der Waals surface area (Å²) in [6.07, 6.45) is 3.18. The van der Waals surface area contributed by atoms with Crippen molar-refractivity contribution >= 4 is 5.91 Å². The van der Waals surface area contributed by atoms with Crippen molar-refractivity contribution in [1.82, 2.24) is 5.32 Å². The van der Waals surface area contributed by atoms with Crippen molar-refractivity contribution in [1.29, 1.82) is 0 Å². The van der Waals surface area contributed by atoms with Crippen LogP contribution in [0.4, 0.5) is 0 Å². The van der Waals surface area contributed by atoms with Crippen molar-refractivity contribution in [3.63, 3.8) is 0 Å². The van der Waals surface area contributed by atoms with Crippen LogP contribution in [0.1, 0.15) is 40.7 Å². The van der Waals surface area contributed by atoms with Gasteiger partial charge in [-0.15, -0.1) is 0 Å². The zero-order valence-electron chi connectivity index (χ0n) is 10.4. The van der Waals surface area contributed by atoms with Crippen LogP contribution in [0.25, 0.3) is 0 Å². The lowest BCUT2D eigenvalue weighted by Gasteiger charge is -2.38. The lowest BCUT2D eigenvalue weighted by atomic mass is 9.78. The van der Waals surface area contributed by atoms with Gasteiger partial charge in [-0.1, -0.05) is 6.07 Å². The molecule has 0 saturated heterocycles. The summed E-state index contributed by atoms with van der Waals surface area (Å²) in [6, 6.07) is 5.74. The normalized spacial score (nSPS) is 20.1. The number of fused-ring (bicyclic) bond motifs is 1. The summed E-state index contributed by atoms with van der Waals surface area (Å²) >= 11 is 0. The molecule has 1 saturated carbocycles.